The second-order valence-electron chi connectivity index (χ2n) is 4.87. The molecule has 0 unspecified atom stereocenters. The first-order valence-corrected chi connectivity index (χ1v) is 7.12. The molecule has 8 nitrogen and oxygen atoms in total. The highest BCUT2D eigenvalue weighted by Gasteiger charge is 2.17. The average Bonchev–Trinajstić information content (AvgIpc) is 2.93. The molecule has 23 heavy (non-hydrogen) atoms. The van der Waals surface area contributed by atoms with Gasteiger partial charge in [0.1, 0.15) is 11.3 Å². The summed E-state index contributed by atoms with van der Waals surface area (Å²) in [5, 5.41) is 11.9. The van der Waals surface area contributed by atoms with E-state index in [1.165, 1.54) is 6.07 Å². The molecule has 0 bridgehead atoms. The molecule has 0 fully saturated rings. The number of hydrogen-bond acceptors (Lipinski definition) is 6. The number of hydrogen-bond donors (Lipinski definition) is 1. The molecule has 1 aromatic heterocycles. The van der Waals surface area contributed by atoms with Crippen LogP contribution in [-0.2, 0) is 20.7 Å². The number of ether oxygens (including phenoxy) is 3. The first kappa shape index (κ1) is 16.8. The number of nitro groups is 1. The van der Waals surface area contributed by atoms with Gasteiger partial charge in [0.15, 0.2) is 0 Å². The minimum absolute atomic E-state index is 0.0493. The lowest BCUT2D eigenvalue weighted by Gasteiger charge is -2.06. The topological polar surface area (TPSA) is 104 Å². The molecule has 8 heteroatoms. The fourth-order valence-corrected chi connectivity index (χ4v) is 2.23. The van der Waals surface area contributed by atoms with Gasteiger partial charge in [0.25, 0.3) is 12.2 Å². The van der Waals surface area contributed by atoms with Crippen molar-refractivity contribution in [1.82, 2.24) is 4.98 Å². The standard InChI is InChI=1S/C15H18N2O6/c1-21-4-2-5-23-13-8-11-7-12(3-6-22-10-18)16-15(11)14(9-13)17(19)20/h7-10,16H,2-6H2,1H3. The third-order valence-corrected chi connectivity index (χ3v) is 3.25. The van der Waals surface area contributed by atoms with Crippen LogP contribution in [0.15, 0.2) is 18.2 Å². The van der Waals surface area contributed by atoms with Gasteiger partial charge in [-0.05, 0) is 12.1 Å². The fraction of sp³-hybridized carbons (Fsp3) is 0.400. The first-order valence-electron chi connectivity index (χ1n) is 7.12. The van der Waals surface area contributed by atoms with Gasteiger partial charge in [-0.1, -0.05) is 0 Å². The van der Waals surface area contributed by atoms with Gasteiger partial charge < -0.3 is 19.2 Å². The van der Waals surface area contributed by atoms with E-state index in [0.29, 0.717) is 49.2 Å². The number of benzene rings is 1. The van der Waals surface area contributed by atoms with Crippen LogP contribution < -0.4 is 4.74 Å². The zero-order valence-corrected chi connectivity index (χ0v) is 12.7. The smallest absolute Gasteiger partial charge is 0.296 e. The molecule has 2 rings (SSSR count). The molecule has 0 aliphatic rings. The molecule has 124 valence electrons. The van der Waals surface area contributed by atoms with Crippen molar-refractivity contribution in [2.75, 3.05) is 26.9 Å². The number of carbonyl (C=O) groups is 1. The van der Waals surface area contributed by atoms with Crippen LogP contribution in [0.25, 0.3) is 10.9 Å². The number of carbonyl (C=O) groups excluding carboxylic acids is 1. The van der Waals surface area contributed by atoms with Crippen molar-refractivity contribution in [3.05, 3.63) is 34.0 Å². The average molecular weight is 322 g/mol. The van der Waals surface area contributed by atoms with Gasteiger partial charge >= 0.3 is 0 Å². The largest absolute Gasteiger partial charge is 0.493 e. The van der Waals surface area contributed by atoms with Crippen molar-refractivity contribution in [2.24, 2.45) is 0 Å². The van der Waals surface area contributed by atoms with E-state index in [1.54, 1.807) is 19.2 Å². The number of nitrogens with zero attached hydrogens (tertiary/aromatic N) is 1. The highest BCUT2D eigenvalue weighted by atomic mass is 16.6. The Hall–Kier alpha value is -2.61. The van der Waals surface area contributed by atoms with Crippen LogP contribution in [-0.4, -0.2) is 43.3 Å². The van der Waals surface area contributed by atoms with Crippen LogP contribution in [0, 0.1) is 10.1 Å². The Labute approximate surface area is 132 Å². The number of H-pyrrole nitrogens is 1. The predicted molar refractivity (Wildman–Crippen MR) is 82.7 cm³/mol. The molecule has 0 saturated heterocycles. The number of rotatable bonds is 10. The zero-order valence-electron chi connectivity index (χ0n) is 12.7. The van der Waals surface area contributed by atoms with E-state index < -0.39 is 4.92 Å². The van der Waals surface area contributed by atoms with E-state index in [4.69, 9.17) is 9.47 Å². The Morgan fingerprint density at radius 1 is 1.26 bits per heavy atom. The molecular weight excluding hydrogens is 304 g/mol. The number of nitrogens with one attached hydrogen (secondary N) is 1. The highest BCUT2D eigenvalue weighted by Crippen LogP contribution is 2.31. The van der Waals surface area contributed by atoms with Crippen molar-refractivity contribution < 1.29 is 23.9 Å². The maximum absolute atomic E-state index is 11.3. The van der Waals surface area contributed by atoms with E-state index in [0.717, 1.165) is 5.69 Å². The summed E-state index contributed by atoms with van der Waals surface area (Å²) >= 11 is 0. The molecule has 0 amide bonds. The second kappa shape index (κ2) is 8.14. The fourth-order valence-electron chi connectivity index (χ4n) is 2.23. The second-order valence-corrected chi connectivity index (χ2v) is 4.87. The molecule has 0 spiro atoms. The highest BCUT2D eigenvalue weighted by molar-refractivity contribution is 5.90. The Kier molecular flexibility index (Phi) is 5.93. The van der Waals surface area contributed by atoms with Crippen molar-refractivity contribution >= 4 is 23.1 Å². The summed E-state index contributed by atoms with van der Waals surface area (Å²) in [5.74, 6) is 0.440. The van der Waals surface area contributed by atoms with Gasteiger partial charge in [-0.2, -0.15) is 0 Å². The molecule has 1 heterocycles. The number of aromatic nitrogens is 1. The summed E-state index contributed by atoms with van der Waals surface area (Å²) in [6.45, 7) is 1.57. The zero-order chi connectivity index (χ0) is 16.7. The Bertz CT molecular complexity index is 682. The summed E-state index contributed by atoms with van der Waals surface area (Å²) in [6, 6.07) is 4.94. The Morgan fingerprint density at radius 2 is 2.09 bits per heavy atom. The van der Waals surface area contributed by atoms with Crippen molar-refractivity contribution in [3.63, 3.8) is 0 Å². The third-order valence-electron chi connectivity index (χ3n) is 3.25. The molecular formula is C15H18N2O6. The summed E-state index contributed by atoms with van der Waals surface area (Å²) in [7, 11) is 1.60. The molecule has 0 atom stereocenters. The van der Waals surface area contributed by atoms with E-state index in [1.807, 2.05) is 0 Å². The molecule has 0 saturated carbocycles. The van der Waals surface area contributed by atoms with E-state index in [9.17, 15) is 14.9 Å². The lowest BCUT2D eigenvalue weighted by molar-refractivity contribution is -0.383. The molecule has 1 aromatic carbocycles. The van der Waals surface area contributed by atoms with E-state index >= 15 is 0 Å². The maximum Gasteiger partial charge on any atom is 0.296 e. The van der Waals surface area contributed by atoms with Crippen LogP contribution in [0.2, 0.25) is 0 Å². The van der Waals surface area contributed by atoms with Crippen molar-refractivity contribution in [1.29, 1.82) is 0 Å². The summed E-state index contributed by atoms with van der Waals surface area (Å²) < 4.78 is 15.1. The number of nitro benzene ring substituents is 1. The lowest BCUT2D eigenvalue weighted by Crippen LogP contribution is -2.01. The Balaban J connectivity index is 2.22. The van der Waals surface area contributed by atoms with Gasteiger partial charge in [-0.15, -0.1) is 0 Å². The quantitative estimate of drug-likeness (QED) is 0.311. The molecule has 1 N–H and O–H groups in total. The van der Waals surface area contributed by atoms with E-state index in [2.05, 4.69) is 9.72 Å². The van der Waals surface area contributed by atoms with Crippen molar-refractivity contribution in [2.45, 2.75) is 12.8 Å². The molecule has 0 aliphatic carbocycles. The maximum atomic E-state index is 11.3. The van der Waals surface area contributed by atoms with Crippen molar-refractivity contribution in [3.8, 4) is 5.75 Å². The normalized spacial score (nSPS) is 10.7. The summed E-state index contributed by atoms with van der Waals surface area (Å²) in [6.07, 6.45) is 1.15. The number of aromatic amines is 1. The Morgan fingerprint density at radius 3 is 2.78 bits per heavy atom. The summed E-state index contributed by atoms with van der Waals surface area (Å²) in [4.78, 5) is 24.0. The minimum Gasteiger partial charge on any atom is -0.493 e. The monoisotopic (exact) mass is 322 g/mol. The van der Waals surface area contributed by atoms with Crippen LogP contribution in [0.3, 0.4) is 0 Å². The molecule has 0 aliphatic heterocycles. The van der Waals surface area contributed by atoms with Crippen LogP contribution >= 0.6 is 0 Å². The van der Waals surface area contributed by atoms with Gasteiger partial charge in [-0.25, -0.2) is 0 Å². The van der Waals surface area contributed by atoms with Gasteiger partial charge in [0.05, 0.1) is 24.2 Å². The molecule has 0 radical (unpaired) electrons. The first-order chi connectivity index (χ1) is 11.2. The lowest BCUT2D eigenvalue weighted by atomic mass is 10.2. The minimum atomic E-state index is -0.452. The van der Waals surface area contributed by atoms with Gasteiger partial charge in [-0.3, -0.25) is 14.9 Å². The predicted octanol–water partition coefficient (Wildman–Crippen LogP) is 2.21. The number of methoxy groups -OCH3 is 1. The van der Waals surface area contributed by atoms with Gasteiger partial charge in [0, 0.05) is 37.6 Å². The third kappa shape index (κ3) is 4.43. The number of fused-ring (bicyclic) bond motifs is 1. The van der Waals surface area contributed by atoms with Crippen LogP contribution in [0.1, 0.15) is 12.1 Å². The van der Waals surface area contributed by atoms with Crippen LogP contribution in [0.5, 0.6) is 5.75 Å². The SMILES string of the molecule is COCCCOc1cc([N+](=O)[O-])c2[nH]c(CCOC=O)cc2c1. The van der Waals surface area contributed by atoms with Gasteiger partial charge in [0.2, 0.25) is 0 Å². The summed E-state index contributed by atoms with van der Waals surface area (Å²) in [5.41, 5.74) is 1.13. The van der Waals surface area contributed by atoms with Crippen LogP contribution in [0.4, 0.5) is 5.69 Å². The molecule has 2 aromatic rings. The van der Waals surface area contributed by atoms with E-state index in [-0.39, 0.29) is 12.3 Å². The number of non-ortho nitro benzene ring substituents is 1.